The molecule has 1 aromatic rings. The van der Waals surface area contributed by atoms with Crippen LogP contribution in [0.25, 0.3) is 0 Å². The minimum Gasteiger partial charge on any atom is -0.486 e. The van der Waals surface area contributed by atoms with Crippen LogP contribution in [0.2, 0.25) is 0 Å². The molecular formula is C16H24N2O4S. The number of sulfonamides is 1. The Morgan fingerprint density at radius 2 is 1.83 bits per heavy atom. The lowest BCUT2D eigenvalue weighted by Gasteiger charge is -2.30. The molecule has 7 heteroatoms. The van der Waals surface area contributed by atoms with Crippen LogP contribution in [0, 0.1) is 5.92 Å². The predicted octanol–water partition coefficient (Wildman–Crippen LogP) is 1.64. The SMILES string of the molecule is NCC(NS(=O)(=O)c1ccc2c(c1)OCCO2)C1CCCCC1. The third-order valence-corrected chi connectivity index (χ3v) is 6.09. The third-order valence-electron chi connectivity index (χ3n) is 4.60. The molecule has 3 N–H and O–H groups in total. The molecule has 0 aromatic heterocycles. The minimum atomic E-state index is -3.62. The van der Waals surface area contributed by atoms with Crippen LogP contribution < -0.4 is 19.9 Å². The zero-order chi connectivity index (χ0) is 16.3. The second-order valence-corrected chi connectivity index (χ2v) is 7.88. The molecule has 1 heterocycles. The Bertz CT molecular complexity index is 641. The first-order valence-corrected chi connectivity index (χ1v) is 9.70. The summed E-state index contributed by atoms with van der Waals surface area (Å²) in [5.74, 6) is 1.37. The van der Waals surface area contributed by atoms with Gasteiger partial charge in [0.15, 0.2) is 11.5 Å². The number of fused-ring (bicyclic) bond motifs is 1. The van der Waals surface area contributed by atoms with Crippen molar-refractivity contribution in [2.75, 3.05) is 19.8 Å². The van der Waals surface area contributed by atoms with Gasteiger partial charge in [0.1, 0.15) is 13.2 Å². The van der Waals surface area contributed by atoms with Crippen molar-refractivity contribution in [3.05, 3.63) is 18.2 Å². The molecule has 1 saturated carbocycles. The lowest BCUT2D eigenvalue weighted by molar-refractivity contribution is 0.171. The van der Waals surface area contributed by atoms with Crippen molar-refractivity contribution < 1.29 is 17.9 Å². The largest absolute Gasteiger partial charge is 0.486 e. The highest BCUT2D eigenvalue weighted by molar-refractivity contribution is 7.89. The number of rotatable bonds is 5. The molecule has 0 bridgehead atoms. The van der Waals surface area contributed by atoms with E-state index in [9.17, 15) is 8.42 Å². The quantitative estimate of drug-likeness (QED) is 0.850. The lowest BCUT2D eigenvalue weighted by Crippen LogP contribution is -2.45. The molecular weight excluding hydrogens is 316 g/mol. The summed E-state index contributed by atoms with van der Waals surface area (Å²) >= 11 is 0. The molecule has 6 nitrogen and oxygen atoms in total. The van der Waals surface area contributed by atoms with E-state index >= 15 is 0 Å². The average molecular weight is 340 g/mol. The van der Waals surface area contributed by atoms with Crippen LogP contribution in [0.4, 0.5) is 0 Å². The van der Waals surface area contributed by atoms with Gasteiger partial charge in [0, 0.05) is 18.7 Å². The van der Waals surface area contributed by atoms with Crippen molar-refractivity contribution in [1.82, 2.24) is 4.72 Å². The molecule has 0 amide bonds. The molecule has 1 aliphatic carbocycles. The average Bonchev–Trinajstić information content (AvgIpc) is 2.60. The first-order valence-electron chi connectivity index (χ1n) is 8.22. The van der Waals surface area contributed by atoms with E-state index in [0.717, 1.165) is 25.7 Å². The molecule has 2 aliphatic rings. The highest BCUT2D eigenvalue weighted by Gasteiger charge is 2.28. The van der Waals surface area contributed by atoms with E-state index in [0.29, 0.717) is 37.2 Å². The summed E-state index contributed by atoms with van der Waals surface area (Å²) in [6, 6.07) is 4.49. The lowest BCUT2D eigenvalue weighted by atomic mass is 9.84. The Balaban J connectivity index is 1.77. The second-order valence-electron chi connectivity index (χ2n) is 6.17. The van der Waals surface area contributed by atoms with Crippen LogP contribution in [-0.4, -0.2) is 34.2 Å². The zero-order valence-corrected chi connectivity index (χ0v) is 14.0. The van der Waals surface area contributed by atoms with Gasteiger partial charge in [-0.15, -0.1) is 0 Å². The van der Waals surface area contributed by atoms with Gasteiger partial charge in [-0.3, -0.25) is 0 Å². The number of ether oxygens (including phenoxy) is 2. The van der Waals surface area contributed by atoms with Gasteiger partial charge in [-0.2, -0.15) is 0 Å². The van der Waals surface area contributed by atoms with Gasteiger partial charge in [0.2, 0.25) is 10.0 Å². The van der Waals surface area contributed by atoms with Crippen molar-refractivity contribution in [1.29, 1.82) is 0 Å². The molecule has 128 valence electrons. The van der Waals surface area contributed by atoms with Crippen molar-refractivity contribution >= 4 is 10.0 Å². The molecule has 1 atom stereocenters. The summed E-state index contributed by atoms with van der Waals surface area (Å²) in [5.41, 5.74) is 5.83. The van der Waals surface area contributed by atoms with E-state index in [-0.39, 0.29) is 10.9 Å². The maximum absolute atomic E-state index is 12.7. The summed E-state index contributed by atoms with van der Waals surface area (Å²) in [4.78, 5) is 0.191. The third kappa shape index (κ3) is 3.79. The molecule has 1 unspecified atom stereocenters. The maximum Gasteiger partial charge on any atom is 0.241 e. The van der Waals surface area contributed by atoms with Gasteiger partial charge in [-0.1, -0.05) is 19.3 Å². The fourth-order valence-corrected chi connectivity index (χ4v) is 4.66. The van der Waals surface area contributed by atoms with E-state index in [2.05, 4.69) is 4.72 Å². The van der Waals surface area contributed by atoms with E-state index < -0.39 is 10.0 Å². The van der Waals surface area contributed by atoms with E-state index in [1.165, 1.54) is 12.5 Å². The molecule has 1 aromatic carbocycles. The van der Waals surface area contributed by atoms with Gasteiger partial charge >= 0.3 is 0 Å². The summed E-state index contributed by atoms with van der Waals surface area (Å²) in [7, 11) is -3.62. The van der Waals surface area contributed by atoms with Gasteiger partial charge in [-0.25, -0.2) is 13.1 Å². The second kappa shape index (κ2) is 7.07. The van der Waals surface area contributed by atoms with Crippen molar-refractivity contribution in [3.63, 3.8) is 0 Å². The van der Waals surface area contributed by atoms with E-state index in [1.807, 2.05) is 0 Å². The molecule has 0 radical (unpaired) electrons. The van der Waals surface area contributed by atoms with Gasteiger partial charge in [0.25, 0.3) is 0 Å². The topological polar surface area (TPSA) is 90.7 Å². The Morgan fingerprint density at radius 1 is 1.13 bits per heavy atom. The summed E-state index contributed by atoms with van der Waals surface area (Å²) in [6.07, 6.45) is 5.58. The highest BCUT2D eigenvalue weighted by atomic mass is 32.2. The fourth-order valence-electron chi connectivity index (χ4n) is 3.33. The summed E-state index contributed by atoms with van der Waals surface area (Å²) < 4.78 is 39.0. The Morgan fingerprint density at radius 3 is 2.52 bits per heavy atom. The summed E-state index contributed by atoms with van der Waals surface area (Å²) in [5, 5.41) is 0. The maximum atomic E-state index is 12.7. The van der Waals surface area contributed by atoms with Crippen LogP contribution in [0.1, 0.15) is 32.1 Å². The van der Waals surface area contributed by atoms with E-state index in [4.69, 9.17) is 15.2 Å². The van der Waals surface area contributed by atoms with Gasteiger partial charge in [-0.05, 0) is 30.9 Å². The van der Waals surface area contributed by atoms with E-state index in [1.54, 1.807) is 12.1 Å². The van der Waals surface area contributed by atoms with Gasteiger partial charge in [0.05, 0.1) is 4.90 Å². The standard InChI is InChI=1S/C16H24N2O4S/c17-11-14(12-4-2-1-3-5-12)18-23(19,20)13-6-7-15-16(10-13)22-9-8-21-15/h6-7,10,12,14,18H,1-5,8-9,11,17H2. The highest BCUT2D eigenvalue weighted by Crippen LogP contribution is 2.33. The van der Waals surface area contributed by atoms with Gasteiger partial charge < -0.3 is 15.2 Å². The Labute approximate surface area is 137 Å². The predicted molar refractivity (Wildman–Crippen MR) is 87.2 cm³/mol. The number of nitrogens with two attached hydrogens (primary N) is 1. The smallest absolute Gasteiger partial charge is 0.241 e. The monoisotopic (exact) mass is 340 g/mol. The molecule has 0 saturated heterocycles. The molecule has 23 heavy (non-hydrogen) atoms. The molecule has 0 spiro atoms. The van der Waals surface area contributed by atoms with Crippen LogP contribution in [0.15, 0.2) is 23.1 Å². The molecule has 3 rings (SSSR count). The van der Waals surface area contributed by atoms with Crippen LogP contribution in [0.5, 0.6) is 11.5 Å². The number of hydrogen-bond acceptors (Lipinski definition) is 5. The molecule has 1 aliphatic heterocycles. The first kappa shape index (κ1) is 16.5. The molecule has 1 fully saturated rings. The number of hydrogen-bond donors (Lipinski definition) is 2. The Hall–Kier alpha value is -1.31. The number of nitrogens with one attached hydrogen (secondary N) is 1. The van der Waals surface area contributed by atoms with Crippen LogP contribution in [0.3, 0.4) is 0 Å². The van der Waals surface area contributed by atoms with Crippen molar-refractivity contribution in [3.8, 4) is 11.5 Å². The fraction of sp³-hybridized carbons (Fsp3) is 0.625. The Kier molecular flexibility index (Phi) is 5.08. The zero-order valence-electron chi connectivity index (χ0n) is 13.2. The van der Waals surface area contributed by atoms with Crippen LogP contribution in [-0.2, 0) is 10.0 Å². The summed E-state index contributed by atoms with van der Waals surface area (Å²) in [6.45, 7) is 1.22. The normalized spacial score (nSPS) is 20.2. The number of benzene rings is 1. The minimum absolute atomic E-state index is 0.191. The first-order chi connectivity index (χ1) is 11.1. The van der Waals surface area contributed by atoms with Crippen molar-refractivity contribution in [2.45, 2.75) is 43.0 Å². The van der Waals surface area contributed by atoms with Crippen LogP contribution >= 0.6 is 0 Å². The van der Waals surface area contributed by atoms with Crippen molar-refractivity contribution in [2.24, 2.45) is 11.7 Å².